The van der Waals surface area contributed by atoms with Crippen molar-refractivity contribution in [2.45, 2.75) is 0 Å². The molecule has 1 aliphatic rings. The minimum Gasteiger partial charge on any atom is -0.504 e. The SMILES string of the molecule is O=C(O)COc1ccc(N2CCOCC2)nc1F.Oc1ccc(I)nc1F.Oc1cccnc1F. The second kappa shape index (κ2) is 14.1. The Labute approximate surface area is 211 Å². The molecule has 0 unspecified atom stereocenters. The summed E-state index contributed by atoms with van der Waals surface area (Å²) < 4.78 is 48.2. The van der Waals surface area contributed by atoms with Gasteiger partial charge in [0.25, 0.3) is 17.8 Å². The van der Waals surface area contributed by atoms with Crippen LogP contribution in [0.25, 0.3) is 0 Å². The molecule has 3 N–H and O–H groups in total. The fraction of sp³-hybridized carbons (Fsp3) is 0.238. The van der Waals surface area contributed by atoms with Crippen LogP contribution in [-0.2, 0) is 9.53 Å². The number of ether oxygens (including phenoxy) is 2. The van der Waals surface area contributed by atoms with Gasteiger partial charge in [-0.1, -0.05) is 0 Å². The first-order valence-corrected chi connectivity index (χ1v) is 10.9. The Balaban J connectivity index is 0.000000211. The van der Waals surface area contributed by atoms with Gasteiger partial charge in [0.2, 0.25) is 0 Å². The summed E-state index contributed by atoms with van der Waals surface area (Å²) in [6.07, 6.45) is 1.27. The van der Waals surface area contributed by atoms with Crippen LogP contribution in [0.5, 0.6) is 17.2 Å². The zero-order valence-corrected chi connectivity index (χ0v) is 20.1. The first-order chi connectivity index (χ1) is 16.7. The van der Waals surface area contributed by atoms with Crippen molar-refractivity contribution in [3.8, 4) is 17.2 Å². The molecule has 1 saturated heterocycles. The van der Waals surface area contributed by atoms with Gasteiger partial charge in [0.05, 0.1) is 13.2 Å². The maximum atomic E-state index is 13.6. The van der Waals surface area contributed by atoms with Gasteiger partial charge in [-0.3, -0.25) is 0 Å². The van der Waals surface area contributed by atoms with Gasteiger partial charge < -0.3 is 29.7 Å². The maximum Gasteiger partial charge on any atom is 0.341 e. The molecule has 0 aliphatic carbocycles. The highest BCUT2D eigenvalue weighted by molar-refractivity contribution is 14.1. The first-order valence-electron chi connectivity index (χ1n) is 9.81. The van der Waals surface area contributed by atoms with Gasteiger partial charge in [-0.2, -0.15) is 18.2 Å². The Bertz CT molecular complexity index is 1100. The summed E-state index contributed by atoms with van der Waals surface area (Å²) in [5, 5.41) is 25.5. The zero-order valence-electron chi connectivity index (χ0n) is 17.9. The van der Waals surface area contributed by atoms with Gasteiger partial charge in [-0.15, -0.1) is 0 Å². The highest BCUT2D eigenvalue weighted by Crippen LogP contribution is 2.20. The number of halogens is 4. The van der Waals surface area contributed by atoms with Crippen molar-refractivity contribution in [2.75, 3.05) is 37.8 Å². The Morgan fingerprint density at radius 1 is 1.00 bits per heavy atom. The molecule has 188 valence electrons. The van der Waals surface area contributed by atoms with Crippen LogP contribution < -0.4 is 9.64 Å². The van der Waals surface area contributed by atoms with Gasteiger partial charge in [-0.25, -0.2) is 14.8 Å². The number of aromatic nitrogens is 3. The normalized spacial score (nSPS) is 12.5. The number of nitrogens with zero attached hydrogens (tertiary/aromatic N) is 4. The summed E-state index contributed by atoms with van der Waals surface area (Å²) in [7, 11) is 0. The Hall–Kier alpha value is -3.40. The third-order valence-electron chi connectivity index (χ3n) is 4.02. The molecule has 35 heavy (non-hydrogen) atoms. The lowest BCUT2D eigenvalue weighted by Gasteiger charge is -2.27. The molecule has 0 radical (unpaired) electrons. The largest absolute Gasteiger partial charge is 0.504 e. The van der Waals surface area contributed by atoms with E-state index in [0.29, 0.717) is 35.8 Å². The predicted molar refractivity (Wildman–Crippen MR) is 125 cm³/mol. The third kappa shape index (κ3) is 9.78. The summed E-state index contributed by atoms with van der Waals surface area (Å²) in [6, 6.07) is 8.48. The minimum absolute atomic E-state index is 0.158. The number of rotatable bonds is 4. The lowest BCUT2D eigenvalue weighted by molar-refractivity contribution is -0.139. The van der Waals surface area contributed by atoms with Crippen LogP contribution in [0.4, 0.5) is 19.0 Å². The maximum absolute atomic E-state index is 13.6. The van der Waals surface area contributed by atoms with Crippen LogP contribution in [0.15, 0.2) is 42.6 Å². The van der Waals surface area contributed by atoms with Crippen LogP contribution in [0.1, 0.15) is 0 Å². The average molecular weight is 608 g/mol. The van der Waals surface area contributed by atoms with Crippen LogP contribution in [0, 0.1) is 21.5 Å². The molecule has 4 heterocycles. The van der Waals surface area contributed by atoms with Crippen molar-refractivity contribution < 1.29 is 42.8 Å². The van der Waals surface area contributed by atoms with Gasteiger partial charge in [-0.05, 0) is 59.0 Å². The number of aromatic hydroxyl groups is 2. The van der Waals surface area contributed by atoms with E-state index in [4.69, 9.17) is 24.8 Å². The van der Waals surface area contributed by atoms with Crippen LogP contribution in [-0.4, -0.2) is 69.2 Å². The minimum atomic E-state index is -1.16. The van der Waals surface area contributed by atoms with Crippen LogP contribution >= 0.6 is 22.6 Å². The predicted octanol–water partition coefficient (Wildman–Crippen LogP) is 2.98. The molecule has 0 bridgehead atoms. The van der Waals surface area contributed by atoms with Gasteiger partial charge >= 0.3 is 5.97 Å². The molecule has 0 spiro atoms. The van der Waals surface area contributed by atoms with E-state index in [1.807, 2.05) is 27.5 Å². The number of pyridine rings is 3. The summed E-state index contributed by atoms with van der Waals surface area (Å²) in [5.74, 6) is -4.09. The molecule has 1 fully saturated rings. The quantitative estimate of drug-likeness (QED) is 0.300. The number of carbonyl (C=O) groups is 1. The van der Waals surface area contributed by atoms with E-state index in [-0.39, 0.29) is 5.75 Å². The molecule has 0 aromatic carbocycles. The Kier molecular flexibility index (Phi) is 11.2. The molecule has 4 rings (SSSR count). The van der Waals surface area contributed by atoms with Gasteiger partial charge in [0, 0.05) is 19.3 Å². The summed E-state index contributed by atoms with van der Waals surface area (Å²) in [5.41, 5.74) is 0. The fourth-order valence-electron chi connectivity index (χ4n) is 2.41. The number of aliphatic carboxylic acids is 1. The van der Waals surface area contributed by atoms with Crippen molar-refractivity contribution >= 4 is 34.4 Å². The lowest BCUT2D eigenvalue weighted by Crippen LogP contribution is -2.36. The molecule has 3 aromatic rings. The Morgan fingerprint density at radius 2 is 1.69 bits per heavy atom. The molecule has 0 atom stereocenters. The second-order valence-electron chi connectivity index (χ2n) is 6.50. The first kappa shape index (κ1) is 27.8. The highest BCUT2D eigenvalue weighted by atomic mass is 127. The van der Waals surface area contributed by atoms with E-state index in [2.05, 4.69) is 15.0 Å². The number of hydrogen-bond acceptors (Lipinski definition) is 9. The van der Waals surface area contributed by atoms with Gasteiger partial charge in [0.1, 0.15) is 9.52 Å². The van der Waals surface area contributed by atoms with E-state index >= 15 is 0 Å². The Morgan fingerprint density at radius 3 is 2.20 bits per heavy atom. The van der Waals surface area contributed by atoms with E-state index in [9.17, 15) is 18.0 Å². The van der Waals surface area contributed by atoms with E-state index in [0.717, 1.165) is 0 Å². The smallest absolute Gasteiger partial charge is 0.341 e. The average Bonchev–Trinajstić information content (AvgIpc) is 2.84. The fourth-order valence-corrected chi connectivity index (χ4v) is 2.80. The van der Waals surface area contributed by atoms with Crippen LogP contribution in [0.3, 0.4) is 0 Å². The van der Waals surface area contributed by atoms with E-state index in [1.54, 1.807) is 6.07 Å². The highest BCUT2D eigenvalue weighted by Gasteiger charge is 2.15. The second-order valence-corrected chi connectivity index (χ2v) is 7.60. The third-order valence-corrected chi connectivity index (χ3v) is 4.62. The molecule has 0 amide bonds. The number of anilines is 1. The van der Waals surface area contributed by atoms with Crippen molar-refractivity contribution in [1.29, 1.82) is 0 Å². The molecule has 3 aromatic heterocycles. The van der Waals surface area contributed by atoms with Crippen molar-refractivity contribution in [1.82, 2.24) is 15.0 Å². The van der Waals surface area contributed by atoms with E-state index in [1.165, 1.54) is 36.5 Å². The van der Waals surface area contributed by atoms with Gasteiger partial charge in [0.15, 0.2) is 23.9 Å². The zero-order chi connectivity index (χ0) is 25.8. The molecule has 1 aliphatic heterocycles. The number of hydrogen-bond donors (Lipinski definition) is 3. The summed E-state index contributed by atoms with van der Waals surface area (Å²) in [4.78, 5) is 22.5. The molecular weight excluding hydrogens is 588 g/mol. The van der Waals surface area contributed by atoms with E-state index < -0.39 is 41.9 Å². The topological polar surface area (TPSA) is 138 Å². The number of carboxylic acids is 1. The van der Waals surface area contributed by atoms with Crippen molar-refractivity contribution in [2.24, 2.45) is 0 Å². The standard InChI is InChI=1S/C11H13FN2O4.C5H3FINO.C5H4FNO/c12-11-8(18-7-10(15)16)1-2-9(13-11)14-3-5-17-6-4-14;6-5-3(9)1-2-4(7)8-5;6-5-4(8)2-1-3-7-5/h1-2H,3-7H2,(H,15,16);1-2,9H;1-3,8H. The van der Waals surface area contributed by atoms with Crippen molar-refractivity contribution in [3.63, 3.8) is 0 Å². The molecular formula is C21H20F3IN4O6. The lowest BCUT2D eigenvalue weighted by atomic mass is 10.3. The number of carboxylic acid groups (broad SMARTS) is 1. The molecule has 0 saturated carbocycles. The number of morpholine rings is 1. The summed E-state index contributed by atoms with van der Waals surface area (Å²) >= 11 is 1.86. The molecule has 10 nitrogen and oxygen atoms in total. The van der Waals surface area contributed by atoms with Crippen molar-refractivity contribution in [3.05, 3.63) is 64.1 Å². The monoisotopic (exact) mass is 608 g/mol. The van der Waals surface area contributed by atoms with Crippen LogP contribution in [0.2, 0.25) is 0 Å². The molecule has 14 heteroatoms. The summed E-state index contributed by atoms with van der Waals surface area (Å²) in [6.45, 7) is 1.89.